The number of benzene rings is 2. The second-order valence-corrected chi connectivity index (χ2v) is 7.55. The van der Waals surface area contributed by atoms with Gasteiger partial charge in [-0.25, -0.2) is 17.6 Å². The number of H-pyrrole nitrogens is 2. The summed E-state index contributed by atoms with van der Waals surface area (Å²) in [6.07, 6.45) is 0. The van der Waals surface area contributed by atoms with Crippen molar-refractivity contribution in [2.45, 2.75) is 11.4 Å². The summed E-state index contributed by atoms with van der Waals surface area (Å²) < 4.78 is 39.4. The summed E-state index contributed by atoms with van der Waals surface area (Å²) in [5, 5.41) is 0.0656. The van der Waals surface area contributed by atoms with Gasteiger partial charge in [-0.2, -0.15) is 4.31 Å². The number of sulfonamides is 1. The Morgan fingerprint density at radius 2 is 1.72 bits per heavy atom. The van der Waals surface area contributed by atoms with Crippen LogP contribution in [0.15, 0.2) is 56.9 Å². The fourth-order valence-corrected chi connectivity index (χ4v) is 3.60. The maximum Gasteiger partial charge on any atom is 0.326 e. The van der Waals surface area contributed by atoms with Gasteiger partial charge in [-0.05, 0) is 35.9 Å². The van der Waals surface area contributed by atoms with E-state index in [1.807, 2.05) is 0 Å². The molecule has 0 spiro atoms. The summed E-state index contributed by atoms with van der Waals surface area (Å²) >= 11 is 0. The van der Waals surface area contributed by atoms with Crippen molar-refractivity contribution in [3.63, 3.8) is 0 Å². The monoisotopic (exact) mass is 363 g/mol. The van der Waals surface area contributed by atoms with Crippen molar-refractivity contribution in [1.82, 2.24) is 14.3 Å². The molecule has 25 heavy (non-hydrogen) atoms. The first kappa shape index (κ1) is 17.1. The van der Waals surface area contributed by atoms with E-state index >= 15 is 0 Å². The molecule has 0 atom stereocenters. The molecule has 0 fully saturated rings. The minimum absolute atomic E-state index is 0.0443. The molecule has 0 aliphatic carbocycles. The molecule has 0 saturated carbocycles. The Morgan fingerprint density at radius 1 is 1.04 bits per heavy atom. The highest BCUT2D eigenvalue weighted by molar-refractivity contribution is 7.89. The van der Waals surface area contributed by atoms with Gasteiger partial charge in [-0.3, -0.25) is 9.78 Å². The Hall–Kier alpha value is -2.78. The molecule has 2 aromatic carbocycles. The van der Waals surface area contributed by atoms with Crippen molar-refractivity contribution in [2.24, 2.45) is 0 Å². The van der Waals surface area contributed by atoms with E-state index in [0.29, 0.717) is 5.56 Å². The molecule has 1 aromatic heterocycles. The normalized spacial score (nSPS) is 12.0. The van der Waals surface area contributed by atoms with Gasteiger partial charge in [-0.1, -0.05) is 12.1 Å². The van der Waals surface area contributed by atoms with Gasteiger partial charge < -0.3 is 4.98 Å². The molecule has 0 aliphatic rings. The first-order chi connectivity index (χ1) is 11.8. The fraction of sp³-hybridized carbons (Fsp3) is 0.125. The Labute approximate surface area is 141 Å². The van der Waals surface area contributed by atoms with Crippen LogP contribution in [0, 0.1) is 5.82 Å². The zero-order valence-corrected chi connectivity index (χ0v) is 13.9. The van der Waals surface area contributed by atoms with Crippen molar-refractivity contribution < 1.29 is 12.8 Å². The molecular formula is C16H14FN3O4S. The van der Waals surface area contributed by atoms with Crippen LogP contribution in [0.2, 0.25) is 0 Å². The van der Waals surface area contributed by atoms with Gasteiger partial charge in [0.1, 0.15) is 5.82 Å². The number of fused-ring (bicyclic) bond motifs is 1. The number of hydrogen-bond acceptors (Lipinski definition) is 4. The Morgan fingerprint density at radius 3 is 2.40 bits per heavy atom. The van der Waals surface area contributed by atoms with E-state index in [1.165, 1.54) is 49.5 Å². The number of aromatic amines is 2. The molecular weight excluding hydrogens is 349 g/mol. The largest absolute Gasteiger partial charge is 0.326 e. The smallest absolute Gasteiger partial charge is 0.307 e. The fourth-order valence-electron chi connectivity index (χ4n) is 2.42. The molecule has 0 amide bonds. The maximum absolute atomic E-state index is 12.9. The summed E-state index contributed by atoms with van der Waals surface area (Å²) in [6, 6.07) is 9.39. The van der Waals surface area contributed by atoms with Crippen molar-refractivity contribution in [1.29, 1.82) is 0 Å². The summed E-state index contributed by atoms with van der Waals surface area (Å²) in [5.41, 5.74) is -0.470. The number of hydrogen-bond donors (Lipinski definition) is 2. The van der Waals surface area contributed by atoms with Crippen LogP contribution in [-0.4, -0.2) is 29.7 Å². The third-order valence-corrected chi connectivity index (χ3v) is 5.54. The van der Waals surface area contributed by atoms with E-state index in [1.54, 1.807) is 0 Å². The maximum atomic E-state index is 12.9. The lowest BCUT2D eigenvalue weighted by molar-refractivity contribution is 0.466. The van der Waals surface area contributed by atoms with Crippen LogP contribution in [0.4, 0.5) is 4.39 Å². The zero-order chi connectivity index (χ0) is 18.2. The van der Waals surface area contributed by atoms with E-state index in [2.05, 4.69) is 9.97 Å². The van der Waals surface area contributed by atoms with Crippen molar-refractivity contribution >= 4 is 20.9 Å². The lowest BCUT2D eigenvalue weighted by Gasteiger charge is -2.17. The third-order valence-electron chi connectivity index (χ3n) is 3.74. The molecule has 7 nitrogen and oxygen atoms in total. The quantitative estimate of drug-likeness (QED) is 0.726. The average molecular weight is 363 g/mol. The predicted molar refractivity (Wildman–Crippen MR) is 90.2 cm³/mol. The van der Waals surface area contributed by atoms with Gasteiger partial charge in [0.15, 0.2) is 0 Å². The van der Waals surface area contributed by atoms with Gasteiger partial charge in [0.2, 0.25) is 10.0 Å². The minimum Gasteiger partial charge on any atom is -0.307 e. The van der Waals surface area contributed by atoms with Crippen molar-refractivity contribution in [3.05, 3.63) is 74.7 Å². The summed E-state index contributed by atoms with van der Waals surface area (Å²) in [5.74, 6) is -0.406. The van der Waals surface area contributed by atoms with E-state index < -0.39 is 27.1 Å². The molecule has 0 aliphatic heterocycles. The second kappa shape index (κ2) is 6.26. The lowest BCUT2D eigenvalue weighted by Crippen LogP contribution is -2.27. The molecule has 2 N–H and O–H groups in total. The molecule has 0 bridgehead atoms. The first-order valence-corrected chi connectivity index (χ1v) is 8.68. The first-order valence-electron chi connectivity index (χ1n) is 7.24. The standard InChI is InChI=1S/C16H14FN3O4S/c1-20(9-10-2-4-11(17)5-3-10)25(23,24)12-6-7-14-13(8-12)15(21)19-16(22)18-14/h2-8H,9H2,1H3,(H2,18,19,21,22). The van der Waals surface area contributed by atoms with Crippen LogP contribution in [0.25, 0.3) is 10.9 Å². The number of rotatable bonds is 4. The molecule has 130 valence electrons. The zero-order valence-electron chi connectivity index (χ0n) is 13.1. The third kappa shape index (κ3) is 3.37. The molecule has 1 heterocycles. The summed E-state index contributed by atoms with van der Waals surface area (Å²) in [4.78, 5) is 27.5. The summed E-state index contributed by atoms with van der Waals surface area (Å²) in [6.45, 7) is 0.0443. The van der Waals surface area contributed by atoms with Crippen LogP contribution >= 0.6 is 0 Å². The highest BCUT2D eigenvalue weighted by atomic mass is 32.2. The van der Waals surface area contributed by atoms with Crippen LogP contribution in [0.3, 0.4) is 0 Å². The van der Waals surface area contributed by atoms with Crippen LogP contribution < -0.4 is 11.2 Å². The van der Waals surface area contributed by atoms with Gasteiger partial charge in [-0.15, -0.1) is 0 Å². The topological polar surface area (TPSA) is 103 Å². The van der Waals surface area contributed by atoms with Gasteiger partial charge in [0, 0.05) is 13.6 Å². The molecule has 0 radical (unpaired) electrons. The predicted octanol–water partition coefficient (Wildman–Crippen LogP) is 1.18. The Balaban J connectivity index is 1.98. The van der Waals surface area contributed by atoms with E-state index in [-0.39, 0.29) is 22.3 Å². The van der Waals surface area contributed by atoms with Crippen LogP contribution in [0.5, 0.6) is 0 Å². The Bertz CT molecular complexity index is 1150. The minimum atomic E-state index is -3.87. The number of nitrogens with zero attached hydrogens (tertiary/aromatic N) is 1. The number of halogens is 1. The van der Waals surface area contributed by atoms with Gasteiger partial charge in [0.25, 0.3) is 5.56 Å². The van der Waals surface area contributed by atoms with E-state index in [0.717, 1.165) is 4.31 Å². The Kier molecular flexibility index (Phi) is 4.27. The average Bonchev–Trinajstić information content (AvgIpc) is 2.56. The number of aromatic nitrogens is 2. The highest BCUT2D eigenvalue weighted by Crippen LogP contribution is 2.19. The molecule has 9 heteroatoms. The van der Waals surface area contributed by atoms with E-state index in [9.17, 15) is 22.4 Å². The van der Waals surface area contributed by atoms with Gasteiger partial charge in [0.05, 0.1) is 15.8 Å². The lowest BCUT2D eigenvalue weighted by atomic mass is 10.2. The molecule has 0 saturated heterocycles. The summed E-state index contributed by atoms with van der Waals surface area (Å²) in [7, 11) is -2.48. The van der Waals surface area contributed by atoms with Crippen LogP contribution in [-0.2, 0) is 16.6 Å². The number of nitrogens with one attached hydrogen (secondary N) is 2. The SMILES string of the molecule is CN(Cc1ccc(F)cc1)S(=O)(=O)c1ccc2[nH]c(=O)[nH]c(=O)c2c1. The van der Waals surface area contributed by atoms with Crippen LogP contribution in [0.1, 0.15) is 5.56 Å². The van der Waals surface area contributed by atoms with E-state index in [4.69, 9.17) is 0 Å². The molecule has 3 aromatic rings. The highest BCUT2D eigenvalue weighted by Gasteiger charge is 2.21. The molecule has 3 rings (SSSR count). The molecule has 0 unspecified atom stereocenters. The second-order valence-electron chi connectivity index (χ2n) is 5.50. The van der Waals surface area contributed by atoms with Crippen molar-refractivity contribution in [2.75, 3.05) is 7.05 Å². The van der Waals surface area contributed by atoms with Crippen molar-refractivity contribution in [3.8, 4) is 0 Å². The van der Waals surface area contributed by atoms with Gasteiger partial charge >= 0.3 is 5.69 Å².